The van der Waals surface area contributed by atoms with Crippen LogP contribution in [0.5, 0.6) is 11.5 Å². The number of Topliss-reactive ketones (excluding diaryl/α,β-unsaturated/α-hetero) is 1. The highest BCUT2D eigenvalue weighted by molar-refractivity contribution is 7.22. The van der Waals surface area contributed by atoms with Crippen LogP contribution in [0.4, 0.5) is 5.13 Å². The number of rotatable bonds is 5. The summed E-state index contributed by atoms with van der Waals surface area (Å²) in [6, 6.07) is 12.8. The van der Waals surface area contributed by atoms with Crippen LogP contribution in [0.2, 0.25) is 0 Å². The molecule has 4 aromatic rings. The molecule has 0 radical (unpaired) electrons. The van der Waals surface area contributed by atoms with E-state index in [1.54, 1.807) is 56.7 Å². The predicted octanol–water partition coefficient (Wildman–Crippen LogP) is 4.84. The Balaban J connectivity index is 1.68. The van der Waals surface area contributed by atoms with E-state index >= 15 is 0 Å². The molecule has 1 fully saturated rings. The van der Waals surface area contributed by atoms with Crippen LogP contribution in [0.3, 0.4) is 0 Å². The fourth-order valence-electron chi connectivity index (χ4n) is 4.05. The van der Waals surface area contributed by atoms with Gasteiger partial charge in [0, 0.05) is 5.56 Å². The van der Waals surface area contributed by atoms with E-state index in [0.717, 1.165) is 10.3 Å². The Kier molecular flexibility index (Phi) is 5.33. The van der Waals surface area contributed by atoms with Gasteiger partial charge in [-0.15, -0.1) is 0 Å². The molecule has 0 saturated carbocycles. The Hall–Kier alpha value is -4.11. The Labute approximate surface area is 198 Å². The van der Waals surface area contributed by atoms with Gasteiger partial charge in [0.25, 0.3) is 5.78 Å². The molecule has 8 nitrogen and oxygen atoms in total. The quantitative estimate of drug-likeness (QED) is 0.250. The molecule has 1 aliphatic rings. The number of aliphatic hydroxyl groups excluding tert-OH is 1. The van der Waals surface area contributed by atoms with Crippen LogP contribution >= 0.6 is 11.3 Å². The summed E-state index contributed by atoms with van der Waals surface area (Å²) in [4.78, 5) is 32.3. The van der Waals surface area contributed by atoms with Crippen molar-refractivity contribution < 1.29 is 28.6 Å². The number of carbonyl (C=O) groups is 2. The molecule has 1 atom stereocenters. The fraction of sp³-hybridized carbons (Fsp3) is 0.160. The van der Waals surface area contributed by atoms with Crippen LogP contribution in [0.1, 0.15) is 22.9 Å². The van der Waals surface area contributed by atoms with Crippen LogP contribution in [-0.4, -0.2) is 36.0 Å². The summed E-state index contributed by atoms with van der Waals surface area (Å²) < 4.78 is 17.0. The molecule has 3 heterocycles. The Bertz CT molecular complexity index is 1450. The number of benzene rings is 2. The number of hydrogen-bond acceptors (Lipinski definition) is 8. The first-order valence-electron chi connectivity index (χ1n) is 10.4. The van der Waals surface area contributed by atoms with Crippen molar-refractivity contribution in [3.05, 3.63) is 77.3 Å². The maximum Gasteiger partial charge on any atom is 0.302 e. The lowest BCUT2D eigenvalue weighted by molar-refractivity contribution is -0.132. The molecule has 5 rings (SSSR count). The number of furan rings is 1. The van der Waals surface area contributed by atoms with E-state index in [0.29, 0.717) is 33.5 Å². The molecule has 0 aliphatic carbocycles. The number of ketones is 1. The van der Waals surface area contributed by atoms with Crippen LogP contribution < -0.4 is 14.4 Å². The molecule has 2 aromatic heterocycles. The second-order valence-corrected chi connectivity index (χ2v) is 8.71. The summed E-state index contributed by atoms with van der Waals surface area (Å²) in [5.74, 6) is -0.270. The summed E-state index contributed by atoms with van der Waals surface area (Å²) in [5, 5.41) is 11.5. The number of aliphatic hydroxyl groups is 1. The number of anilines is 1. The molecule has 34 heavy (non-hydrogen) atoms. The third-order valence-corrected chi connectivity index (χ3v) is 6.73. The first-order chi connectivity index (χ1) is 16.4. The average Bonchev–Trinajstić information content (AvgIpc) is 3.56. The molecular formula is C25H20N2O6S. The zero-order chi connectivity index (χ0) is 24.0. The van der Waals surface area contributed by atoms with Gasteiger partial charge >= 0.3 is 5.91 Å². The van der Waals surface area contributed by atoms with Crippen molar-refractivity contribution in [2.75, 3.05) is 19.1 Å². The van der Waals surface area contributed by atoms with Crippen LogP contribution in [0.25, 0.3) is 16.0 Å². The van der Waals surface area contributed by atoms with Gasteiger partial charge in [0.2, 0.25) is 0 Å². The molecule has 1 N–H and O–H groups in total. The summed E-state index contributed by atoms with van der Waals surface area (Å²) >= 11 is 1.25. The minimum atomic E-state index is -0.972. The number of aryl methyl sites for hydroxylation is 1. The zero-order valence-corrected chi connectivity index (χ0v) is 19.4. The number of fused-ring (bicyclic) bond motifs is 1. The zero-order valence-electron chi connectivity index (χ0n) is 18.6. The van der Waals surface area contributed by atoms with Gasteiger partial charge in [-0.1, -0.05) is 11.3 Å². The van der Waals surface area contributed by atoms with E-state index in [4.69, 9.17) is 13.9 Å². The summed E-state index contributed by atoms with van der Waals surface area (Å²) in [7, 11) is 3.12. The minimum absolute atomic E-state index is 0.0682. The third-order valence-electron chi connectivity index (χ3n) is 5.72. The summed E-state index contributed by atoms with van der Waals surface area (Å²) in [5.41, 5.74) is 1.75. The highest BCUT2D eigenvalue weighted by Gasteiger charge is 2.49. The molecule has 0 bridgehead atoms. The lowest BCUT2D eigenvalue weighted by atomic mass is 9.98. The van der Waals surface area contributed by atoms with Gasteiger partial charge in [0.15, 0.2) is 5.13 Å². The van der Waals surface area contributed by atoms with Gasteiger partial charge in [0.05, 0.1) is 36.3 Å². The van der Waals surface area contributed by atoms with E-state index in [1.807, 2.05) is 13.0 Å². The van der Waals surface area contributed by atoms with E-state index < -0.39 is 17.7 Å². The number of hydrogen-bond donors (Lipinski definition) is 1. The van der Waals surface area contributed by atoms with Gasteiger partial charge in [-0.05, 0) is 61.0 Å². The molecular weight excluding hydrogens is 456 g/mol. The second kappa shape index (κ2) is 8.35. The number of thiazole rings is 1. The number of methoxy groups -OCH3 is 2. The van der Waals surface area contributed by atoms with Crippen molar-refractivity contribution in [3.63, 3.8) is 0 Å². The number of amides is 1. The van der Waals surface area contributed by atoms with Crippen molar-refractivity contribution >= 4 is 44.1 Å². The Morgan fingerprint density at radius 1 is 1.12 bits per heavy atom. The Morgan fingerprint density at radius 2 is 1.94 bits per heavy atom. The highest BCUT2D eigenvalue weighted by atomic mass is 32.1. The van der Waals surface area contributed by atoms with Crippen LogP contribution in [-0.2, 0) is 9.59 Å². The lowest BCUT2D eigenvalue weighted by Gasteiger charge is -2.20. The number of carbonyl (C=O) groups excluding carboxylic acids is 2. The molecule has 9 heteroatoms. The molecule has 1 amide bonds. The van der Waals surface area contributed by atoms with E-state index in [1.165, 1.54) is 22.5 Å². The van der Waals surface area contributed by atoms with Crippen molar-refractivity contribution in [1.82, 2.24) is 4.98 Å². The fourth-order valence-corrected chi connectivity index (χ4v) is 5.07. The predicted molar refractivity (Wildman–Crippen MR) is 127 cm³/mol. The Morgan fingerprint density at radius 3 is 2.62 bits per heavy atom. The standard InChI is InChI=1S/C25H20N2O6S/c1-13-11-14(6-9-17(13)32-3)22(28)20-21(18-5-4-10-33-18)27(24(30)23(20)29)25-26-16-8-7-15(31-2)12-19(16)34-25/h4-12,21,28H,1-3H3/b22-20+/t21-/m0/s1. The van der Waals surface area contributed by atoms with Gasteiger partial charge < -0.3 is 19.0 Å². The number of ether oxygens (including phenoxy) is 2. The molecule has 1 saturated heterocycles. The van der Waals surface area contributed by atoms with Gasteiger partial charge in [0.1, 0.15) is 29.1 Å². The number of nitrogens with zero attached hydrogens (tertiary/aromatic N) is 2. The smallest absolute Gasteiger partial charge is 0.302 e. The largest absolute Gasteiger partial charge is 0.507 e. The van der Waals surface area contributed by atoms with Crippen molar-refractivity contribution in [2.45, 2.75) is 13.0 Å². The minimum Gasteiger partial charge on any atom is -0.507 e. The van der Waals surface area contributed by atoms with Crippen LogP contribution in [0.15, 0.2) is 64.8 Å². The first kappa shape index (κ1) is 21.7. The maximum atomic E-state index is 13.2. The van der Waals surface area contributed by atoms with Crippen molar-refractivity contribution in [1.29, 1.82) is 0 Å². The van der Waals surface area contributed by atoms with E-state index in [9.17, 15) is 14.7 Å². The topological polar surface area (TPSA) is 102 Å². The first-order valence-corrected chi connectivity index (χ1v) is 11.2. The molecule has 172 valence electrons. The summed E-state index contributed by atoms with van der Waals surface area (Å²) in [6.45, 7) is 1.83. The van der Waals surface area contributed by atoms with E-state index in [-0.39, 0.29) is 11.3 Å². The third kappa shape index (κ3) is 3.41. The highest BCUT2D eigenvalue weighted by Crippen LogP contribution is 2.44. The van der Waals surface area contributed by atoms with Crippen molar-refractivity contribution in [3.8, 4) is 11.5 Å². The lowest BCUT2D eigenvalue weighted by Crippen LogP contribution is -2.29. The van der Waals surface area contributed by atoms with Crippen molar-refractivity contribution in [2.24, 2.45) is 0 Å². The SMILES string of the molecule is COc1ccc2nc(N3C(=O)C(=O)/C(=C(/O)c4ccc(OC)c(C)c4)[C@@H]3c3ccco3)sc2c1. The van der Waals surface area contributed by atoms with Gasteiger partial charge in [-0.3, -0.25) is 14.5 Å². The molecule has 2 aromatic carbocycles. The number of aromatic nitrogens is 1. The normalized spacial score (nSPS) is 17.5. The van der Waals surface area contributed by atoms with Crippen LogP contribution in [0, 0.1) is 6.92 Å². The van der Waals surface area contributed by atoms with Gasteiger partial charge in [-0.25, -0.2) is 4.98 Å². The van der Waals surface area contributed by atoms with Gasteiger partial charge in [-0.2, -0.15) is 0 Å². The molecule has 1 aliphatic heterocycles. The summed E-state index contributed by atoms with van der Waals surface area (Å²) in [6.07, 6.45) is 1.45. The average molecular weight is 477 g/mol. The van der Waals surface area contributed by atoms with E-state index in [2.05, 4.69) is 4.98 Å². The molecule has 0 spiro atoms. The maximum absolute atomic E-state index is 13.2. The molecule has 0 unspecified atom stereocenters. The monoisotopic (exact) mass is 476 g/mol. The second-order valence-electron chi connectivity index (χ2n) is 7.70.